The van der Waals surface area contributed by atoms with E-state index in [1.165, 1.54) is 11.1 Å². The first kappa shape index (κ1) is 17.9. The molecular formula is C21H26N4O2. The van der Waals surface area contributed by atoms with Gasteiger partial charge in [0.15, 0.2) is 0 Å². The summed E-state index contributed by atoms with van der Waals surface area (Å²) < 4.78 is 0. The lowest BCUT2D eigenvalue weighted by molar-refractivity contribution is 0.0697. The monoisotopic (exact) mass is 366 g/mol. The molecule has 27 heavy (non-hydrogen) atoms. The van der Waals surface area contributed by atoms with E-state index in [2.05, 4.69) is 51.9 Å². The highest BCUT2D eigenvalue weighted by Gasteiger charge is 2.37. The molecule has 0 bridgehead atoms. The van der Waals surface area contributed by atoms with E-state index >= 15 is 0 Å². The molecule has 2 saturated heterocycles. The number of aryl methyl sites for hydroxylation is 1. The Kier molecular flexibility index (Phi) is 5.09. The smallest absolute Gasteiger partial charge is 0.339 e. The SMILES string of the molecule is Cc1ccc(C2CNNC2C2CCCN(c3ncccc3C(=O)O)C2)cc1. The molecule has 6 nitrogen and oxygen atoms in total. The number of hydrazine groups is 1. The second kappa shape index (κ2) is 7.66. The molecule has 0 spiro atoms. The first-order valence-electron chi connectivity index (χ1n) is 9.61. The van der Waals surface area contributed by atoms with Crippen molar-refractivity contribution < 1.29 is 9.90 Å². The maximum Gasteiger partial charge on any atom is 0.339 e. The van der Waals surface area contributed by atoms with Gasteiger partial charge in [0, 0.05) is 37.8 Å². The number of carboxylic acid groups (broad SMARTS) is 1. The van der Waals surface area contributed by atoms with Gasteiger partial charge in [-0.25, -0.2) is 9.78 Å². The summed E-state index contributed by atoms with van der Waals surface area (Å²) in [6, 6.07) is 12.4. The Morgan fingerprint density at radius 3 is 2.85 bits per heavy atom. The molecule has 1 aromatic heterocycles. The maximum absolute atomic E-state index is 11.6. The number of aromatic carboxylic acids is 1. The Bertz CT molecular complexity index is 808. The minimum Gasteiger partial charge on any atom is -0.478 e. The largest absolute Gasteiger partial charge is 0.478 e. The molecular weight excluding hydrogens is 340 g/mol. The summed E-state index contributed by atoms with van der Waals surface area (Å²) in [5.74, 6) is 0.521. The van der Waals surface area contributed by atoms with Gasteiger partial charge in [-0.15, -0.1) is 0 Å². The van der Waals surface area contributed by atoms with Crippen molar-refractivity contribution in [3.8, 4) is 0 Å². The molecule has 4 rings (SSSR count). The van der Waals surface area contributed by atoms with Crippen molar-refractivity contribution >= 4 is 11.8 Å². The third-order valence-electron chi connectivity index (χ3n) is 5.81. The maximum atomic E-state index is 11.6. The van der Waals surface area contributed by atoms with E-state index in [1.807, 2.05) is 0 Å². The zero-order valence-electron chi connectivity index (χ0n) is 15.6. The van der Waals surface area contributed by atoms with Crippen molar-refractivity contribution in [2.75, 3.05) is 24.5 Å². The molecule has 1 aromatic carbocycles. The van der Waals surface area contributed by atoms with Crippen LogP contribution in [0.4, 0.5) is 5.82 Å². The van der Waals surface area contributed by atoms with Crippen LogP contribution in [0.3, 0.4) is 0 Å². The van der Waals surface area contributed by atoms with Gasteiger partial charge in [0.25, 0.3) is 0 Å². The average molecular weight is 366 g/mol. The van der Waals surface area contributed by atoms with Crippen molar-refractivity contribution in [2.45, 2.75) is 31.7 Å². The quantitative estimate of drug-likeness (QED) is 0.772. The average Bonchev–Trinajstić information content (AvgIpc) is 3.18. The van der Waals surface area contributed by atoms with Gasteiger partial charge in [-0.2, -0.15) is 0 Å². The van der Waals surface area contributed by atoms with Gasteiger partial charge in [-0.05, 0) is 43.4 Å². The molecule has 3 N–H and O–H groups in total. The summed E-state index contributed by atoms with van der Waals surface area (Å²) in [7, 11) is 0. The highest BCUT2D eigenvalue weighted by Crippen LogP contribution is 2.33. The van der Waals surface area contributed by atoms with Crippen molar-refractivity contribution in [2.24, 2.45) is 5.92 Å². The van der Waals surface area contributed by atoms with Crippen molar-refractivity contribution in [1.82, 2.24) is 15.8 Å². The van der Waals surface area contributed by atoms with Crippen LogP contribution < -0.4 is 15.8 Å². The highest BCUT2D eigenvalue weighted by atomic mass is 16.4. The van der Waals surface area contributed by atoms with Crippen molar-refractivity contribution in [3.05, 3.63) is 59.3 Å². The van der Waals surface area contributed by atoms with Crippen LogP contribution in [0.2, 0.25) is 0 Å². The van der Waals surface area contributed by atoms with Gasteiger partial charge in [-0.3, -0.25) is 10.9 Å². The predicted octanol–water partition coefficient (Wildman–Crippen LogP) is 2.56. The second-order valence-electron chi connectivity index (χ2n) is 7.60. The Labute approximate surface area is 159 Å². The van der Waals surface area contributed by atoms with E-state index in [1.54, 1.807) is 18.3 Å². The van der Waals surface area contributed by atoms with E-state index in [0.717, 1.165) is 32.5 Å². The summed E-state index contributed by atoms with van der Waals surface area (Å²) >= 11 is 0. The summed E-state index contributed by atoms with van der Waals surface area (Å²) in [6.07, 6.45) is 3.85. The van der Waals surface area contributed by atoms with Crippen LogP contribution in [0.15, 0.2) is 42.6 Å². The lowest BCUT2D eigenvalue weighted by Crippen LogP contribution is -2.47. The molecule has 2 aliphatic heterocycles. The van der Waals surface area contributed by atoms with E-state index in [4.69, 9.17) is 0 Å². The normalized spacial score (nSPS) is 25.5. The van der Waals surface area contributed by atoms with Crippen molar-refractivity contribution in [1.29, 1.82) is 0 Å². The lowest BCUT2D eigenvalue weighted by atomic mass is 9.81. The molecule has 2 aromatic rings. The van der Waals surface area contributed by atoms with Crippen LogP contribution in [0.1, 0.15) is 40.2 Å². The zero-order chi connectivity index (χ0) is 18.8. The fourth-order valence-electron chi connectivity index (χ4n) is 4.41. The minimum atomic E-state index is -0.918. The van der Waals surface area contributed by atoms with Gasteiger partial charge < -0.3 is 10.0 Å². The van der Waals surface area contributed by atoms with Crippen LogP contribution >= 0.6 is 0 Å². The minimum absolute atomic E-state index is 0.283. The molecule has 3 unspecified atom stereocenters. The van der Waals surface area contributed by atoms with Gasteiger partial charge in [0.1, 0.15) is 11.4 Å². The number of hydrogen-bond acceptors (Lipinski definition) is 5. The molecule has 0 aliphatic carbocycles. The van der Waals surface area contributed by atoms with Gasteiger partial charge in [-0.1, -0.05) is 29.8 Å². The molecule has 0 saturated carbocycles. The fraction of sp³-hybridized carbons (Fsp3) is 0.429. The van der Waals surface area contributed by atoms with E-state index < -0.39 is 5.97 Å². The van der Waals surface area contributed by atoms with Gasteiger partial charge in [0.05, 0.1) is 0 Å². The Hall–Kier alpha value is -2.44. The number of carboxylic acids is 1. The zero-order valence-corrected chi connectivity index (χ0v) is 15.6. The fourth-order valence-corrected chi connectivity index (χ4v) is 4.41. The summed E-state index contributed by atoms with van der Waals surface area (Å²) in [5, 5.41) is 9.50. The standard InChI is InChI=1S/C21H26N4O2/c1-14-6-8-15(9-7-14)18-12-23-24-19(18)16-4-3-11-25(13-16)20-17(21(26)27)5-2-10-22-20/h2,5-10,16,18-19,23-24H,3-4,11-13H2,1H3,(H,26,27). The van der Waals surface area contributed by atoms with Crippen LogP contribution in [0.25, 0.3) is 0 Å². The number of nitrogens with one attached hydrogen (secondary N) is 2. The predicted molar refractivity (Wildman–Crippen MR) is 105 cm³/mol. The third kappa shape index (κ3) is 3.68. The second-order valence-corrected chi connectivity index (χ2v) is 7.60. The molecule has 0 amide bonds. The van der Waals surface area contributed by atoms with Gasteiger partial charge in [0.2, 0.25) is 0 Å². The number of pyridine rings is 1. The van der Waals surface area contributed by atoms with Crippen molar-refractivity contribution in [3.63, 3.8) is 0 Å². The number of piperidine rings is 1. The molecule has 2 fully saturated rings. The lowest BCUT2D eigenvalue weighted by Gasteiger charge is -2.38. The first-order valence-corrected chi connectivity index (χ1v) is 9.61. The van der Waals surface area contributed by atoms with Crippen LogP contribution in [-0.4, -0.2) is 41.7 Å². The third-order valence-corrected chi connectivity index (χ3v) is 5.81. The molecule has 6 heteroatoms. The van der Waals surface area contributed by atoms with E-state index in [0.29, 0.717) is 23.7 Å². The summed E-state index contributed by atoms with van der Waals surface area (Å²) in [4.78, 5) is 18.1. The number of carbonyl (C=O) groups is 1. The van der Waals surface area contributed by atoms with Crippen LogP contribution in [-0.2, 0) is 0 Å². The van der Waals surface area contributed by atoms with Crippen LogP contribution in [0.5, 0.6) is 0 Å². The molecule has 3 heterocycles. The first-order chi connectivity index (χ1) is 13.1. The molecule has 142 valence electrons. The Morgan fingerprint density at radius 1 is 1.26 bits per heavy atom. The Morgan fingerprint density at radius 2 is 2.07 bits per heavy atom. The van der Waals surface area contributed by atoms with Crippen LogP contribution in [0, 0.1) is 12.8 Å². The number of benzene rings is 1. The number of anilines is 1. The topological polar surface area (TPSA) is 77.5 Å². The highest BCUT2D eigenvalue weighted by molar-refractivity contribution is 5.93. The summed E-state index contributed by atoms with van der Waals surface area (Å²) in [5.41, 5.74) is 9.73. The number of hydrogen-bond donors (Lipinski definition) is 3. The van der Waals surface area contributed by atoms with Gasteiger partial charge >= 0.3 is 5.97 Å². The molecule has 2 aliphatic rings. The number of rotatable bonds is 4. The molecule has 3 atom stereocenters. The number of nitrogens with zero attached hydrogens (tertiary/aromatic N) is 2. The molecule has 0 radical (unpaired) electrons. The van der Waals surface area contributed by atoms with E-state index in [-0.39, 0.29) is 5.56 Å². The van der Waals surface area contributed by atoms with E-state index in [9.17, 15) is 9.90 Å². The summed E-state index contributed by atoms with van der Waals surface area (Å²) in [6.45, 7) is 4.69. The number of aromatic nitrogens is 1. The Balaban J connectivity index is 1.54.